The summed E-state index contributed by atoms with van der Waals surface area (Å²) in [6.07, 6.45) is 8.20. The van der Waals surface area contributed by atoms with E-state index in [1.165, 1.54) is 29.7 Å². The molecule has 4 nitrogen and oxygen atoms in total. The Morgan fingerprint density at radius 2 is 2.10 bits per heavy atom. The van der Waals surface area contributed by atoms with Crippen molar-refractivity contribution in [3.05, 3.63) is 26.6 Å². The predicted molar refractivity (Wildman–Crippen MR) is 84.0 cm³/mol. The molecule has 0 aromatic carbocycles. The lowest BCUT2D eigenvalue weighted by atomic mass is 10.2. The predicted octanol–water partition coefficient (Wildman–Crippen LogP) is 2.53. The van der Waals surface area contributed by atoms with Crippen molar-refractivity contribution in [2.45, 2.75) is 63.6 Å². The maximum Gasteiger partial charge on any atom is 0.262 e. The molecule has 5 rings (SSSR count). The Morgan fingerprint density at radius 1 is 1.24 bits per heavy atom. The van der Waals surface area contributed by atoms with Crippen LogP contribution in [0.25, 0.3) is 10.2 Å². The number of nitrogens with zero attached hydrogens (tertiary/aromatic N) is 2. The van der Waals surface area contributed by atoms with Crippen molar-refractivity contribution < 1.29 is 0 Å². The molecule has 0 amide bonds. The smallest absolute Gasteiger partial charge is 0.262 e. The summed E-state index contributed by atoms with van der Waals surface area (Å²) in [4.78, 5) is 20.3. The number of hydrogen-bond acceptors (Lipinski definition) is 4. The van der Waals surface area contributed by atoms with Crippen molar-refractivity contribution in [2.75, 3.05) is 0 Å². The highest BCUT2D eigenvalue weighted by atomic mass is 32.1. The Bertz CT molecular complexity index is 783. The molecular formula is C16H19N3OS. The first-order valence-electron chi connectivity index (χ1n) is 8.10. The third-order valence-electron chi connectivity index (χ3n) is 4.88. The van der Waals surface area contributed by atoms with Crippen LogP contribution in [0.15, 0.2) is 4.79 Å². The lowest BCUT2D eigenvalue weighted by molar-refractivity contribution is 0.581. The Balaban J connectivity index is 1.68. The molecule has 2 fully saturated rings. The van der Waals surface area contributed by atoms with Gasteiger partial charge in [0.25, 0.3) is 5.56 Å². The first-order valence-corrected chi connectivity index (χ1v) is 8.92. The molecule has 0 unspecified atom stereocenters. The second-order valence-corrected chi connectivity index (χ2v) is 7.71. The lowest BCUT2D eigenvalue weighted by Crippen LogP contribution is -2.28. The summed E-state index contributed by atoms with van der Waals surface area (Å²) in [6.45, 7) is 0.745. The van der Waals surface area contributed by atoms with E-state index in [1.807, 2.05) is 4.57 Å². The molecule has 3 aliphatic carbocycles. The van der Waals surface area contributed by atoms with Crippen molar-refractivity contribution >= 4 is 21.6 Å². The van der Waals surface area contributed by atoms with E-state index in [4.69, 9.17) is 4.98 Å². The van der Waals surface area contributed by atoms with Gasteiger partial charge >= 0.3 is 0 Å². The first-order chi connectivity index (χ1) is 10.3. The van der Waals surface area contributed by atoms with Crippen molar-refractivity contribution in [3.8, 4) is 0 Å². The molecule has 110 valence electrons. The number of rotatable bonds is 4. The molecule has 2 saturated carbocycles. The van der Waals surface area contributed by atoms with E-state index in [-0.39, 0.29) is 5.56 Å². The van der Waals surface area contributed by atoms with Gasteiger partial charge in [-0.15, -0.1) is 11.3 Å². The van der Waals surface area contributed by atoms with Gasteiger partial charge in [0.1, 0.15) is 10.7 Å². The van der Waals surface area contributed by atoms with Crippen LogP contribution in [-0.2, 0) is 19.4 Å². The quantitative estimate of drug-likeness (QED) is 0.944. The van der Waals surface area contributed by atoms with Crippen LogP contribution < -0.4 is 10.9 Å². The van der Waals surface area contributed by atoms with Gasteiger partial charge in [-0.1, -0.05) is 0 Å². The van der Waals surface area contributed by atoms with Crippen molar-refractivity contribution in [1.29, 1.82) is 0 Å². The Kier molecular flexibility index (Phi) is 2.59. The van der Waals surface area contributed by atoms with E-state index in [2.05, 4.69) is 5.32 Å². The molecule has 0 aliphatic heterocycles. The summed E-state index contributed by atoms with van der Waals surface area (Å²) in [6, 6.07) is 1.06. The van der Waals surface area contributed by atoms with E-state index >= 15 is 0 Å². The molecule has 21 heavy (non-hydrogen) atoms. The van der Waals surface area contributed by atoms with Gasteiger partial charge in [0.15, 0.2) is 0 Å². The van der Waals surface area contributed by atoms with Crippen LogP contribution in [0, 0.1) is 0 Å². The summed E-state index contributed by atoms with van der Waals surface area (Å²) >= 11 is 1.75. The molecule has 0 bridgehead atoms. The zero-order valence-corrected chi connectivity index (χ0v) is 12.8. The molecule has 2 heterocycles. The molecule has 0 saturated heterocycles. The van der Waals surface area contributed by atoms with E-state index in [0.29, 0.717) is 12.1 Å². The van der Waals surface area contributed by atoms with Gasteiger partial charge < -0.3 is 5.32 Å². The van der Waals surface area contributed by atoms with Gasteiger partial charge in [-0.05, 0) is 50.5 Å². The highest BCUT2D eigenvalue weighted by Crippen LogP contribution is 2.38. The number of hydrogen-bond donors (Lipinski definition) is 1. The van der Waals surface area contributed by atoms with Crippen LogP contribution in [0.3, 0.4) is 0 Å². The molecule has 1 N–H and O–H groups in total. The van der Waals surface area contributed by atoms with E-state index < -0.39 is 0 Å². The highest BCUT2D eigenvalue weighted by Gasteiger charge is 2.31. The SMILES string of the molecule is O=c1c2c3c(sc2nc(CNC2CC2)n1C1CC1)CCC3. The van der Waals surface area contributed by atoms with Crippen molar-refractivity contribution in [1.82, 2.24) is 14.9 Å². The highest BCUT2D eigenvalue weighted by molar-refractivity contribution is 7.18. The minimum Gasteiger partial charge on any atom is -0.307 e. The van der Waals surface area contributed by atoms with Gasteiger partial charge in [0.05, 0.1) is 11.9 Å². The molecule has 0 radical (unpaired) electrons. The lowest BCUT2D eigenvalue weighted by Gasteiger charge is -2.12. The van der Waals surface area contributed by atoms with Crippen LogP contribution in [0.2, 0.25) is 0 Å². The van der Waals surface area contributed by atoms with Gasteiger partial charge in [0, 0.05) is 17.0 Å². The monoisotopic (exact) mass is 301 g/mol. The van der Waals surface area contributed by atoms with Crippen LogP contribution in [0.4, 0.5) is 0 Å². The fourth-order valence-corrected chi connectivity index (χ4v) is 4.73. The largest absolute Gasteiger partial charge is 0.307 e. The zero-order chi connectivity index (χ0) is 14.0. The van der Waals surface area contributed by atoms with Gasteiger partial charge in [0.2, 0.25) is 0 Å². The summed E-state index contributed by atoms with van der Waals surface area (Å²) < 4.78 is 2.00. The molecule has 0 spiro atoms. The molecule has 2 aromatic rings. The Morgan fingerprint density at radius 3 is 2.86 bits per heavy atom. The van der Waals surface area contributed by atoms with Crippen LogP contribution >= 0.6 is 11.3 Å². The average molecular weight is 301 g/mol. The fourth-order valence-electron chi connectivity index (χ4n) is 3.46. The molecule has 0 atom stereocenters. The summed E-state index contributed by atoms with van der Waals surface area (Å²) in [5.74, 6) is 0.960. The minimum atomic E-state index is 0.231. The number of thiophene rings is 1. The van der Waals surface area contributed by atoms with Crippen molar-refractivity contribution in [3.63, 3.8) is 0 Å². The van der Waals surface area contributed by atoms with Gasteiger partial charge in [-0.2, -0.15) is 0 Å². The Hall–Kier alpha value is -1.20. The Labute approximate surface area is 127 Å². The normalized spacial score (nSPS) is 21.1. The fraction of sp³-hybridized carbons (Fsp3) is 0.625. The van der Waals surface area contributed by atoms with Crippen LogP contribution in [0.5, 0.6) is 0 Å². The first kappa shape index (κ1) is 12.4. The van der Waals surface area contributed by atoms with E-state index in [0.717, 1.165) is 48.3 Å². The maximum atomic E-state index is 13.0. The molecule has 3 aliphatic rings. The average Bonchev–Trinajstić information content (AvgIpc) is 3.36. The van der Waals surface area contributed by atoms with E-state index in [1.54, 1.807) is 11.3 Å². The summed E-state index contributed by atoms with van der Waals surface area (Å²) in [5.41, 5.74) is 1.54. The second-order valence-electron chi connectivity index (χ2n) is 6.63. The van der Waals surface area contributed by atoms with Gasteiger partial charge in [-0.3, -0.25) is 9.36 Å². The van der Waals surface area contributed by atoms with Gasteiger partial charge in [-0.25, -0.2) is 4.98 Å². The molecule has 5 heteroatoms. The standard InChI is InChI=1S/C16H19N3OS/c20-16-14-11-2-1-3-12(11)21-15(14)18-13(8-17-9-4-5-9)19(16)10-6-7-10/h9-10,17H,1-8H2. The summed E-state index contributed by atoms with van der Waals surface area (Å²) in [7, 11) is 0. The van der Waals surface area contributed by atoms with E-state index in [9.17, 15) is 4.79 Å². The van der Waals surface area contributed by atoms with Crippen molar-refractivity contribution in [2.24, 2.45) is 0 Å². The number of nitrogens with one attached hydrogen (secondary N) is 1. The van der Waals surface area contributed by atoms with Crippen LogP contribution in [0.1, 0.15) is 54.4 Å². The summed E-state index contributed by atoms with van der Waals surface area (Å²) in [5, 5.41) is 4.46. The topological polar surface area (TPSA) is 46.9 Å². The number of aryl methyl sites for hydroxylation is 2. The molecular weight excluding hydrogens is 282 g/mol. The molecule has 2 aromatic heterocycles. The zero-order valence-electron chi connectivity index (χ0n) is 12.0. The third-order valence-corrected chi connectivity index (χ3v) is 6.07. The number of aromatic nitrogens is 2. The van der Waals surface area contributed by atoms with Crippen LogP contribution in [-0.4, -0.2) is 15.6 Å². The third kappa shape index (κ3) is 1.98. The number of fused-ring (bicyclic) bond motifs is 3. The maximum absolute atomic E-state index is 13.0. The second kappa shape index (κ2) is 4.40. The minimum absolute atomic E-state index is 0.231.